The van der Waals surface area contributed by atoms with Gasteiger partial charge in [0.05, 0.1) is 12.2 Å². The molecule has 1 aromatic rings. The summed E-state index contributed by atoms with van der Waals surface area (Å²) in [5.74, 6) is -0.0613. The highest BCUT2D eigenvalue weighted by Crippen LogP contribution is 2.29. The van der Waals surface area contributed by atoms with Crippen LogP contribution in [0, 0.1) is 0 Å². The van der Waals surface area contributed by atoms with Gasteiger partial charge in [0.15, 0.2) is 5.78 Å². The molecule has 0 heterocycles. The second-order valence-corrected chi connectivity index (χ2v) is 4.01. The Morgan fingerprint density at radius 2 is 1.89 bits per heavy atom. The van der Waals surface area contributed by atoms with Crippen LogP contribution in [-0.2, 0) is 22.1 Å². The molecule has 1 aromatic carbocycles. The third-order valence-electron chi connectivity index (χ3n) is 2.49. The Morgan fingerprint density at radius 3 is 2.42 bits per heavy atom. The number of methoxy groups -OCH3 is 1. The number of rotatable bonds is 6. The summed E-state index contributed by atoms with van der Waals surface area (Å²) < 4.78 is 41.7. The maximum atomic E-state index is 12.3. The van der Waals surface area contributed by atoms with Crippen LogP contribution in [0.2, 0.25) is 0 Å². The lowest BCUT2D eigenvalue weighted by atomic mass is 10.1. The van der Waals surface area contributed by atoms with Crippen LogP contribution in [0.4, 0.5) is 13.2 Å². The van der Waals surface area contributed by atoms with Crippen molar-refractivity contribution in [1.82, 2.24) is 0 Å². The Kier molecular flexibility index (Phi) is 5.76. The molecule has 0 fully saturated rings. The average molecular weight is 272 g/mol. The molecule has 0 radical (unpaired) electrons. The molecule has 0 unspecified atom stereocenters. The second-order valence-electron chi connectivity index (χ2n) is 4.01. The van der Waals surface area contributed by atoms with Crippen molar-refractivity contribution in [2.75, 3.05) is 13.7 Å². The number of benzene rings is 1. The molecule has 0 aliphatic rings. The van der Waals surface area contributed by atoms with Gasteiger partial charge in [-0.25, -0.2) is 0 Å². The van der Waals surface area contributed by atoms with Gasteiger partial charge >= 0.3 is 6.18 Å². The van der Waals surface area contributed by atoms with E-state index in [1.807, 2.05) is 0 Å². The molecule has 0 aliphatic heterocycles. The molecule has 0 saturated heterocycles. The lowest BCUT2D eigenvalue weighted by Gasteiger charge is -2.06. The molecular weight excluding hydrogens is 257 g/mol. The van der Waals surface area contributed by atoms with Crippen LogP contribution in [0.5, 0.6) is 0 Å². The molecular formula is C14H15F3O2. The van der Waals surface area contributed by atoms with Crippen LogP contribution in [0.3, 0.4) is 0 Å². The molecule has 0 atom stereocenters. The molecule has 0 aliphatic carbocycles. The minimum Gasteiger partial charge on any atom is -0.384 e. The van der Waals surface area contributed by atoms with Gasteiger partial charge in [0.25, 0.3) is 0 Å². The molecule has 104 valence electrons. The predicted octanol–water partition coefficient (Wildman–Crippen LogP) is 3.41. The molecule has 0 N–H and O–H groups in total. The molecule has 0 saturated carbocycles. The van der Waals surface area contributed by atoms with Crippen molar-refractivity contribution in [3.8, 4) is 0 Å². The average Bonchev–Trinajstić information content (AvgIpc) is 2.36. The molecule has 2 nitrogen and oxygen atoms in total. The van der Waals surface area contributed by atoms with Gasteiger partial charge in [-0.1, -0.05) is 18.2 Å². The number of alkyl halides is 3. The third kappa shape index (κ3) is 5.70. The topological polar surface area (TPSA) is 26.3 Å². The highest BCUT2D eigenvalue weighted by atomic mass is 19.4. The van der Waals surface area contributed by atoms with E-state index in [4.69, 9.17) is 4.74 Å². The third-order valence-corrected chi connectivity index (χ3v) is 2.49. The fourth-order valence-corrected chi connectivity index (χ4v) is 1.44. The summed E-state index contributed by atoms with van der Waals surface area (Å²) in [6.07, 6.45) is -0.515. The number of hydrogen-bond acceptors (Lipinski definition) is 2. The zero-order chi connectivity index (χ0) is 14.3. The van der Waals surface area contributed by atoms with E-state index in [-0.39, 0.29) is 5.78 Å². The van der Waals surface area contributed by atoms with Gasteiger partial charge in [0.2, 0.25) is 0 Å². The van der Waals surface area contributed by atoms with Crippen molar-refractivity contribution in [3.63, 3.8) is 0 Å². The first-order chi connectivity index (χ1) is 8.93. The van der Waals surface area contributed by atoms with Crippen LogP contribution in [0.15, 0.2) is 36.4 Å². The van der Waals surface area contributed by atoms with Gasteiger partial charge in [-0.2, -0.15) is 13.2 Å². The number of ketones is 1. The first-order valence-electron chi connectivity index (χ1n) is 5.78. The Labute approximate surface area is 109 Å². The van der Waals surface area contributed by atoms with Crippen LogP contribution >= 0.6 is 0 Å². The summed E-state index contributed by atoms with van der Waals surface area (Å²) in [6, 6.07) is 4.89. The van der Waals surface area contributed by atoms with E-state index >= 15 is 0 Å². The SMILES string of the molecule is COCCC(=O)/C=C/Cc1ccc(C(F)(F)F)cc1. The zero-order valence-corrected chi connectivity index (χ0v) is 10.5. The smallest absolute Gasteiger partial charge is 0.384 e. The fourth-order valence-electron chi connectivity index (χ4n) is 1.44. The first kappa shape index (κ1) is 15.4. The number of halogens is 3. The normalized spacial score (nSPS) is 12.0. The number of allylic oxidation sites excluding steroid dienone is 2. The Balaban J connectivity index is 2.50. The van der Waals surface area contributed by atoms with Gasteiger partial charge in [-0.05, 0) is 30.2 Å². The summed E-state index contributed by atoms with van der Waals surface area (Å²) in [5, 5.41) is 0. The fraction of sp³-hybridized carbons (Fsp3) is 0.357. The number of carbonyl (C=O) groups is 1. The largest absolute Gasteiger partial charge is 0.416 e. The van der Waals surface area contributed by atoms with Gasteiger partial charge in [0, 0.05) is 13.5 Å². The molecule has 0 aromatic heterocycles. The maximum Gasteiger partial charge on any atom is 0.416 e. The standard InChI is InChI=1S/C14H15F3O2/c1-19-10-9-13(18)4-2-3-11-5-7-12(8-6-11)14(15,16)17/h2,4-8H,3,9-10H2,1H3/b4-2+. The van der Waals surface area contributed by atoms with E-state index in [0.29, 0.717) is 19.4 Å². The van der Waals surface area contributed by atoms with Gasteiger partial charge in [-0.3, -0.25) is 4.79 Å². The molecule has 19 heavy (non-hydrogen) atoms. The van der Waals surface area contributed by atoms with Crippen LogP contribution < -0.4 is 0 Å². The summed E-state index contributed by atoms with van der Waals surface area (Å²) in [4.78, 5) is 11.3. The number of carbonyl (C=O) groups excluding carboxylic acids is 1. The van der Waals surface area contributed by atoms with Crippen molar-refractivity contribution >= 4 is 5.78 Å². The minimum atomic E-state index is -4.31. The highest BCUT2D eigenvalue weighted by Gasteiger charge is 2.29. The number of ether oxygens (including phenoxy) is 1. The summed E-state index contributed by atoms with van der Waals surface area (Å²) in [6.45, 7) is 0.365. The first-order valence-corrected chi connectivity index (χ1v) is 5.78. The zero-order valence-electron chi connectivity index (χ0n) is 10.5. The molecule has 1 rings (SSSR count). The van der Waals surface area contributed by atoms with Gasteiger partial charge < -0.3 is 4.74 Å². The molecule has 0 bridgehead atoms. The van der Waals surface area contributed by atoms with Crippen molar-refractivity contribution in [2.45, 2.75) is 19.0 Å². The van der Waals surface area contributed by atoms with Crippen molar-refractivity contribution in [2.24, 2.45) is 0 Å². The van der Waals surface area contributed by atoms with Crippen LogP contribution in [-0.4, -0.2) is 19.5 Å². The number of hydrogen-bond donors (Lipinski definition) is 0. The maximum absolute atomic E-state index is 12.3. The van der Waals surface area contributed by atoms with Crippen LogP contribution in [0.25, 0.3) is 0 Å². The monoisotopic (exact) mass is 272 g/mol. The van der Waals surface area contributed by atoms with Crippen molar-refractivity contribution < 1.29 is 22.7 Å². The quantitative estimate of drug-likeness (QED) is 0.742. The van der Waals surface area contributed by atoms with Crippen LogP contribution in [0.1, 0.15) is 17.5 Å². The van der Waals surface area contributed by atoms with E-state index in [2.05, 4.69) is 0 Å². The van der Waals surface area contributed by atoms with E-state index in [9.17, 15) is 18.0 Å². The van der Waals surface area contributed by atoms with Gasteiger partial charge in [-0.15, -0.1) is 0 Å². The molecule has 5 heteroatoms. The minimum absolute atomic E-state index is 0.0613. The Bertz CT molecular complexity index is 433. The summed E-state index contributed by atoms with van der Waals surface area (Å²) in [5.41, 5.74) is 0.0557. The second kappa shape index (κ2) is 7.09. The lowest BCUT2D eigenvalue weighted by molar-refractivity contribution is -0.137. The summed E-state index contributed by atoms with van der Waals surface area (Å²) >= 11 is 0. The molecule has 0 spiro atoms. The lowest BCUT2D eigenvalue weighted by Crippen LogP contribution is -2.04. The van der Waals surface area contributed by atoms with Gasteiger partial charge in [0.1, 0.15) is 0 Å². The van der Waals surface area contributed by atoms with Crippen molar-refractivity contribution in [1.29, 1.82) is 0 Å². The van der Waals surface area contributed by atoms with Crippen molar-refractivity contribution in [3.05, 3.63) is 47.5 Å². The Morgan fingerprint density at radius 1 is 1.26 bits per heavy atom. The Hall–Kier alpha value is -1.62. The van der Waals surface area contributed by atoms with E-state index in [1.165, 1.54) is 25.3 Å². The summed E-state index contributed by atoms with van der Waals surface area (Å²) in [7, 11) is 1.51. The highest BCUT2D eigenvalue weighted by molar-refractivity contribution is 5.89. The van der Waals surface area contributed by atoms with E-state index in [0.717, 1.165) is 17.7 Å². The predicted molar refractivity (Wildman–Crippen MR) is 65.8 cm³/mol. The van der Waals surface area contributed by atoms with E-state index in [1.54, 1.807) is 6.08 Å². The molecule has 0 amide bonds. The van der Waals surface area contributed by atoms with E-state index < -0.39 is 11.7 Å².